The van der Waals surface area contributed by atoms with Gasteiger partial charge in [0, 0.05) is 11.3 Å². The second-order valence-electron chi connectivity index (χ2n) is 4.34. The van der Waals surface area contributed by atoms with Crippen molar-refractivity contribution in [2.45, 2.75) is 30.4 Å². The van der Waals surface area contributed by atoms with Crippen molar-refractivity contribution in [3.63, 3.8) is 0 Å². The van der Waals surface area contributed by atoms with Crippen LogP contribution in [0.5, 0.6) is 0 Å². The van der Waals surface area contributed by atoms with Crippen LogP contribution in [0.2, 0.25) is 0 Å². The van der Waals surface area contributed by atoms with Crippen LogP contribution in [-0.4, -0.2) is 17.0 Å². The third-order valence-corrected chi connectivity index (χ3v) is 4.73. The molecule has 0 heterocycles. The predicted molar refractivity (Wildman–Crippen MR) is 68.3 cm³/mol. The minimum absolute atomic E-state index is 0.384. The first kappa shape index (κ1) is 11.0. The standard InChI is InChI=1S/C13H19NS/c1-2-15-13(10-14)8-12(9-13)11-6-4-3-5-7-11/h3-7,12H,2,8-10,14H2,1H3. The van der Waals surface area contributed by atoms with Crippen LogP contribution in [0.15, 0.2) is 30.3 Å². The average Bonchev–Trinajstić information content (AvgIpc) is 2.24. The molecule has 0 spiro atoms. The van der Waals surface area contributed by atoms with Crippen LogP contribution in [0, 0.1) is 0 Å². The summed E-state index contributed by atoms with van der Waals surface area (Å²) in [6, 6.07) is 10.8. The van der Waals surface area contributed by atoms with Crippen molar-refractivity contribution in [1.29, 1.82) is 0 Å². The third kappa shape index (κ3) is 2.21. The number of hydrogen-bond acceptors (Lipinski definition) is 2. The summed E-state index contributed by atoms with van der Waals surface area (Å²) in [6.07, 6.45) is 2.51. The molecule has 1 aromatic carbocycles. The van der Waals surface area contributed by atoms with Gasteiger partial charge in [-0.1, -0.05) is 37.3 Å². The molecule has 0 aliphatic heterocycles. The average molecular weight is 221 g/mol. The summed E-state index contributed by atoms with van der Waals surface area (Å²) in [4.78, 5) is 0. The van der Waals surface area contributed by atoms with E-state index in [0.717, 1.165) is 12.5 Å². The molecule has 0 unspecified atom stereocenters. The lowest BCUT2D eigenvalue weighted by Gasteiger charge is -2.47. The predicted octanol–water partition coefficient (Wildman–Crippen LogP) is 3.01. The van der Waals surface area contributed by atoms with Gasteiger partial charge in [0.05, 0.1) is 0 Å². The van der Waals surface area contributed by atoms with Crippen LogP contribution in [0.25, 0.3) is 0 Å². The summed E-state index contributed by atoms with van der Waals surface area (Å²) in [5.74, 6) is 1.92. The summed E-state index contributed by atoms with van der Waals surface area (Å²) in [5, 5.41) is 0. The van der Waals surface area contributed by atoms with Crippen molar-refractivity contribution in [1.82, 2.24) is 0 Å². The van der Waals surface area contributed by atoms with Crippen LogP contribution in [-0.2, 0) is 0 Å². The molecule has 2 rings (SSSR count). The van der Waals surface area contributed by atoms with E-state index in [1.165, 1.54) is 24.2 Å². The highest BCUT2D eigenvalue weighted by Gasteiger charge is 2.43. The molecule has 0 saturated heterocycles. The second-order valence-corrected chi connectivity index (χ2v) is 6.07. The lowest BCUT2D eigenvalue weighted by atomic mass is 9.70. The molecule has 0 atom stereocenters. The lowest BCUT2D eigenvalue weighted by molar-refractivity contribution is 0.313. The first-order chi connectivity index (χ1) is 7.29. The molecule has 0 radical (unpaired) electrons. The van der Waals surface area contributed by atoms with Crippen LogP contribution in [0.4, 0.5) is 0 Å². The fourth-order valence-electron chi connectivity index (χ4n) is 2.45. The Balaban J connectivity index is 1.97. The molecule has 15 heavy (non-hydrogen) atoms. The molecule has 1 aliphatic carbocycles. The Hall–Kier alpha value is -0.470. The van der Waals surface area contributed by atoms with Crippen molar-refractivity contribution in [2.24, 2.45) is 5.73 Å². The number of rotatable bonds is 4. The van der Waals surface area contributed by atoms with Crippen molar-refractivity contribution >= 4 is 11.8 Å². The SMILES string of the molecule is CCSC1(CN)CC(c2ccccc2)C1. The maximum Gasteiger partial charge on any atom is 0.0293 e. The normalized spacial score (nSPS) is 29.9. The third-order valence-electron chi connectivity index (χ3n) is 3.33. The Labute approximate surface area is 96.4 Å². The molecule has 82 valence electrons. The zero-order valence-corrected chi connectivity index (χ0v) is 10.1. The van der Waals surface area contributed by atoms with E-state index in [1.54, 1.807) is 0 Å². The quantitative estimate of drug-likeness (QED) is 0.846. The molecule has 2 N–H and O–H groups in total. The maximum atomic E-state index is 5.87. The molecule has 1 aromatic rings. The second kappa shape index (κ2) is 4.58. The minimum Gasteiger partial charge on any atom is -0.329 e. The van der Waals surface area contributed by atoms with E-state index in [2.05, 4.69) is 37.3 Å². The van der Waals surface area contributed by atoms with E-state index >= 15 is 0 Å². The molecule has 1 fully saturated rings. The summed E-state index contributed by atoms with van der Waals surface area (Å²) in [6.45, 7) is 3.05. The number of nitrogens with two attached hydrogens (primary N) is 1. The Morgan fingerprint density at radius 2 is 2.00 bits per heavy atom. The molecular formula is C13H19NS. The monoisotopic (exact) mass is 221 g/mol. The van der Waals surface area contributed by atoms with Gasteiger partial charge in [-0.15, -0.1) is 0 Å². The summed E-state index contributed by atoms with van der Waals surface area (Å²) in [5.41, 5.74) is 7.36. The first-order valence-electron chi connectivity index (χ1n) is 5.68. The molecule has 1 nitrogen and oxygen atoms in total. The van der Waals surface area contributed by atoms with Crippen LogP contribution < -0.4 is 5.73 Å². The van der Waals surface area contributed by atoms with Gasteiger partial charge in [-0.05, 0) is 30.1 Å². The summed E-state index contributed by atoms with van der Waals surface area (Å²) in [7, 11) is 0. The topological polar surface area (TPSA) is 26.0 Å². The van der Waals surface area contributed by atoms with Gasteiger partial charge in [-0.25, -0.2) is 0 Å². The van der Waals surface area contributed by atoms with Gasteiger partial charge in [0.25, 0.3) is 0 Å². The van der Waals surface area contributed by atoms with Crippen molar-refractivity contribution in [3.05, 3.63) is 35.9 Å². The molecule has 0 amide bonds. The van der Waals surface area contributed by atoms with Gasteiger partial charge in [-0.3, -0.25) is 0 Å². The van der Waals surface area contributed by atoms with Gasteiger partial charge in [-0.2, -0.15) is 11.8 Å². The van der Waals surface area contributed by atoms with E-state index in [1.807, 2.05) is 11.8 Å². The van der Waals surface area contributed by atoms with Crippen LogP contribution in [0.3, 0.4) is 0 Å². The van der Waals surface area contributed by atoms with Crippen molar-refractivity contribution < 1.29 is 0 Å². The molecule has 0 aromatic heterocycles. The van der Waals surface area contributed by atoms with E-state index < -0.39 is 0 Å². The highest BCUT2D eigenvalue weighted by molar-refractivity contribution is 8.00. The molecular weight excluding hydrogens is 202 g/mol. The fourth-order valence-corrected chi connectivity index (χ4v) is 3.82. The van der Waals surface area contributed by atoms with E-state index in [4.69, 9.17) is 5.73 Å². The fraction of sp³-hybridized carbons (Fsp3) is 0.538. The summed E-state index contributed by atoms with van der Waals surface area (Å²) >= 11 is 2.04. The van der Waals surface area contributed by atoms with E-state index in [9.17, 15) is 0 Å². The zero-order chi connectivity index (χ0) is 10.7. The van der Waals surface area contributed by atoms with E-state index in [-0.39, 0.29) is 0 Å². The van der Waals surface area contributed by atoms with Gasteiger partial charge in [0.1, 0.15) is 0 Å². The van der Waals surface area contributed by atoms with Crippen LogP contribution >= 0.6 is 11.8 Å². The van der Waals surface area contributed by atoms with Gasteiger partial charge in [0.2, 0.25) is 0 Å². The largest absolute Gasteiger partial charge is 0.329 e. The minimum atomic E-state index is 0.384. The maximum absolute atomic E-state index is 5.87. The Kier molecular flexibility index (Phi) is 3.37. The van der Waals surface area contributed by atoms with Crippen molar-refractivity contribution in [2.75, 3.05) is 12.3 Å². The first-order valence-corrected chi connectivity index (χ1v) is 6.67. The van der Waals surface area contributed by atoms with E-state index in [0.29, 0.717) is 4.75 Å². The molecule has 1 aliphatic rings. The van der Waals surface area contributed by atoms with Crippen LogP contribution in [0.1, 0.15) is 31.2 Å². The van der Waals surface area contributed by atoms with Gasteiger partial charge >= 0.3 is 0 Å². The molecule has 2 heteroatoms. The number of benzene rings is 1. The lowest BCUT2D eigenvalue weighted by Crippen LogP contribution is -2.46. The zero-order valence-electron chi connectivity index (χ0n) is 9.28. The molecule has 0 bridgehead atoms. The molecule has 1 saturated carbocycles. The Morgan fingerprint density at radius 1 is 1.33 bits per heavy atom. The highest BCUT2D eigenvalue weighted by atomic mass is 32.2. The van der Waals surface area contributed by atoms with Gasteiger partial charge in [0.15, 0.2) is 0 Å². The smallest absolute Gasteiger partial charge is 0.0293 e. The number of hydrogen-bond donors (Lipinski definition) is 1. The van der Waals surface area contributed by atoms with Crippen molar-refractivity contribution in [3.8, 4) is 0 Å². The van der Waals surface area contributed by atoms with Gasteiger partial charge < -0.3 is 5.73 Å². The highest BCUT2D eigenvalue weighted by Crippen LogP contribution is 2.51. The number of thioether (sulfide) groups is 1. The Bertz CT molecular complexity index is 304. The Morgan fingerprint density at radius 3 is 2.53 bits per heavy atom. The summed E-state index contributed by atoms with van der Waals surface area (Å²) < 4.78 is 0.384.